The summed E-state index contributed by atoms with van der Waals surface area (Å²) >= 11 is 0. The van der Waals surface area contributed by atoms with Crippen LogP contribution in [0.3, 0.4) is 0 Å². The summed E-state index contributed by atoms with van der Waals surface area (Å²) in [6.45, 7) is 7.84. The molecule has 1 heterocycles. The minimum atomic E-state index is -0.402. The summed E-state index contributed by atoms with van der Waals surface area (Å²) in [5.41, 5.74) is 0.789. The van der Waals surface area contributed by atoms with Crippen molar-refractivity contribution in [2.45, 2.75) is 19.9 Å². The summed E-state index contributed by atoms with van der Waals surface area (Å²) in [7, 11) is 0. The minimum absolute atomic E-state index is 0.0601. The summed E-state index contributed by atoms with van der Waals surface area (Å²) in [5.74, 6) is -0.305. The van der Waals surface area contributed by atoms with Gasteiger partial charge in [-0.3, -0.25) is 4.90 Å². The number of urea groups is 1. The van der Waals surface area contributed by atoms with Gasteiger partial charge in [0.1, 0.15) is 11.9 Å². The molecule has 1 aliphatic heterocycles. The molecule has 0 aromatic heterocycles. The summed E-state index contributed by atoms with van der Waals surface area (Å²) in [6, 6.07) is 7.99. The highest BCUT2D eigenvalue weighted by atomic mass is 19.1. The van der Waals surface area contributed by atoms with Gasteiger partial charge in [-0.25, -0.2) is 9.18 Å². The van der Waals surface area contributed by atoms with Crippen LogP contribution < -0.4 is 0 Å². The first kappa shape index (κ1) is 17.2. The third-order valence-corrected chi connectivity index (χ3v) is 4.29. The zero-order valence-electron chi connectivity index (χ0n) is 13.7. The molecule has 0 N–H and O–H groups in total. The van der Waals surface area contributed by atoms with Gasteiger partial charge in [0, 0.05) is 39.3 Å². The number of nitriles is 1. The highest BCUT2D eigenvalue weighted by Gasteiger charge is 2.28. The van der Waals surface area contributed by atoms with Gasteiger partial charge in [0.15, 0.2) is 0 Å². The molecule has 1 aromatic carbocycles. The second kappa shape index (κ2) is 7.93. The van der Waals surface area contributed by atoms with Gasteiger partial charge in [-0.2, -0.15) is 5.26 Å². The summed E-state index contributed by atoms with van der Waals surface area (Å²) in [4.78, 5) is 18.0. The van der Waals surface area contributed by atoms with Gasteiger partial charge < -0.3 is 9.80 Å². The molecule has 23 heavy (non-hydrogen) atoms. The predicted octanol–water partition coefficient (Wildman–Crippen LogP) is 2.47. The maximum Gasteiger partial charge on any atom is 0.320 e. The fraction of sp³-hybridized carbons (Fsp3) is 0.529. The topological polar surface area (TPSA) is 50.6 Å². The van der Waals surface area contributed by atoms with Crippen LogP contribution >= 0.6 is 0 Å². The van der Waals surface area contributed by atoms with Crippen molar-refractivity contribution in [3.05, 3.63) is 35.6 Å². The van der Waals surface area contributed by atoms with Crippen LogP contribution in [-0.2, 0) is 0 Å². The third kappa shape index (κ3) is 3.99. The van der Waals surface area contributed by atoms with E-state index in [1.807, 2.05) is 23.6 Å². The van der Waals surface area contributed by atoms with Gasteiger partial charge in [-0.15, -0.1) is 0 Å². The Balaban J connectivity index is 1.99. The van der Waals surface area contributed by atoms with Crippen molar-refractivity contribution < 1.29 is 9.18 Å². The lowest BCUT2D eigenvalue weighted by atomic mass is 10.1. The lowest BCUT2D eigenvalue weighted by Crippen LogP contribution is -2.53. The molecule has 1 aliphatic rings. The molecule has 2 amide bonds. The van der Waals surface area contributed by atoms with Crippen molar-refractivity contribution in [2.24, 2.45) is 0 Å². The molecule has 1 atom stereocenters. The van der Waals surface area contributed by atoms with Crippen molar-refractivity contribution in [3.8, 4) is 6.07 Å². The number of amides is 2. The number of piperazine rings is 1. The van der Waals surface area contributed by atoms with Crippen molar-refractivity contribution in [1.29, 1.82) is 5.26 Å². The first-order valence-electron chi connectivity index (χ1n) is 8.03. The number of nitrogens with zero attached hydrogens (tertiary/aromatic N) is 4. The quantitative estimate of drug-likeness (QED) is 0.857. The summed E-state index contributed by atoms with van der Waals surface area (Å²) < 4.78 is 13.0. The van der Waals surface area contributed by atoms with Gasteiger partial charge in [0.05, 0.1) is 6.07 Å². The fourth-order valence-electron chi connectivity index (χ4n) is 2.88. The van der Waals surface area contributed by atoms with Gasteiger partial charge in [0.25, 0.3) is 0 Å². The van der Waals surface area contributed by atoms with Gasteiger partial charge in [-0.05, 0) is 31.5 Å². The Hall–Kier alpha value is -2.13. The smallest absolute Gasteiger partial charge is 0.320 e. The zero-order chi connectivity index (χ0) is 16.8. The highest BCUT2D eigenvalue weighted by molar-refractivity contribution is 5.74. The van der Waals surface area contributed by atoms with Crippen LogP contribution in [0.15, 0.2) is 24.3 Å². The van der Waals surface area contributed by atoms with Gasteiger partial charge >= 0.3 is 6.03 Å². The molecule has 0 saturated carbocycles. The van der Waals surface area contributed by atoms with Crippen LogP contribution in [0.5, 0.6) is 0 Å². The molecule has 1 aromatic rings. The van der Waals surface area contributed by atoms with Crippen LogP contribution in [0.1, 0.15) is 25.5 Å². The molecule has 0 aliphatic carbocycles. The Kier molecular flexibility index (Phi) is 5.94. The van der Waals surface area contributed by atoms with E-state index >= 15 is 0 Å². The normalized spacial score (nSPS) is 16.7. The van der Waals surface area contributed by atoms with E-state index in [1.54, 1.807) is 17.0 Å². The number of halogens is 1. The number of carbonyl (C=O) groups is 1. The average molecular weight is 318 g/mol. The minimum Gasteiger partial charge on any atom is -0.325 e. The largest absolute Gasteiger partial charge is 0.325 e. The monoisotopic (exact) mass is 318 g/mol. The molecule has 124 valence electrons. The number of benzene rings is 1. The van der Waals surface area contributed by atoms with Crippen molar-refractivity contribution in [3.63, 3.8) is 0 Å². The van der Waals surface area contributed by atoms with E-state index < -0.39 is 6.04 Å². The van der Waals surface area contributed by atoms with Crippen LogP contribution in [0.2, 0.25) is 0 Å². The number of hydrogen-bond acceptors (Lipinski definition) is 3. The molecular weight excluding hydrogens is 295 g/mol. The molecule has 1 saturated heterocycles. The molecule has 1 fully saturated rings. The van der Waals surface area contributed by atoms with E-state index in [-0.39, 0.29) is 11.8 Å². The molecular formula is C17H23FN4O. The SMILES string of the molecule is CCN(CC)C(=O)N1CCN(C(C#N)c2ccc(F)cc2)CC1. The van der Waals surface area contributed by atoms with E-state index in [4.69, 9.17) is 0 Å². The summed E-state index contributed by atoms with van der Waals surface area (Å²) in [5, 5.41) is 9.47. The Morgan fingerprint density at radius 1 is 1.22 bits per heavy atom. The first-order valence-corrected chi connectivity index (χ1v) is 8.03. The Morgan fingerprint density at radius 2 is 1.78 bits per heavy atom. The first-order chi connectivity index (χ1) is 11.1. The maximum atomic E-state index is 13.0. The lowest BCUT2D eigenvalue weighted by Gasteiger charge is -2.38. The standard InChI is InChI=1S/C17H23FN4O/c1-3-20(4-2)17(23)22-11-9-21(10-12-22)16(13-19)14-5-7-15(18)8-6-14/h5-8,16H,3-4,9-12H2,1-2H3. The molecule has 6 heteroatoms. The highest BCUT2D eigenvalue weighted by Crippen LogP contribution is 2.22. The van der Waals surface area contributed by atoms with Crippen LogP contribution in [0.4, 0.5) is 9.18 Å². The molecule has 1 unspecified atom stereocenters. The van der Waals surface area contributed by atoms with E-state index in [9.17, 15) is 14.4 Å². The van der Waals surface area contributed by atoms with Crippen molar-refractivity contribution in [1.82, 2.24) is 14.7 Å². The van der Waals surface area contributed by atoms with E-state index in [0.717, 1.165) is 5.56 Å². The summed E-state index contributed by atoms with van der Waals surface area (Å²) in [6.07, 6.45) is 0. The molecule has 0 bridgehead atoms. The van der Waals surface area contributed by atoms with Crippen molar-refractivity contribution >= 4 is 6.03 Å². The van der Waals surface area contributed by atoms with Gasteiger partial charge in [0.2, 0.25) is 0 Å². The van der Waals surface area contributed by atoms with Gasteiger partial charge in [-0.1, -0.05) is 12.1 Å². The molecule has 2 rings (SSSR count). The molecule has 0 spiro atoms. The van der Waals surface area contributed by atoms with Crippen LogP contribution in [-0.4, -0.2) is 60.0 Å². The Bertz CT molecular complexity index is 557. The molecule has 5 nitrogen and oxygen atoms in total. The zero-order valence-corrected chi connectivity index (χ0v) is 13.7. The number of hydrogen-bond donors (Lipinski definition) is 0. The second-order valence-electron chi connectivity index (χ2n) is 5.56. The Morgan fingerprint density at radius 3 is 2.26 bits per heavy atom. The molecule has 0 radical (unpaired) electrons. The number of carbonyl (C=O) groups excluding carboxylic acids is 1. The van der Waals surface area contributed by atoms with Crippen LogP contribution in [0.25, 0.3) is 0 Å². The van der Waals surface area contributed by atoms with E-state index in [2.05, 4.69) is 6.07 Å². The maximum absolute atomic E-state index is 13.0. The number of rotatable bonds is 4. The third-order valence-electron chi connectivity index (χ3n) is 4.29. The average Bonchev–Trinajstić information content (AvgIpc) is 2.59. The van der Waals surface area contributed by atoms with E-state index in [1.165, 1.54) is 12.1 Å². The fourth-order valence-corrected chi connectivity index (χ4v) is 2.88. The lowest BCUT2D eigenvalue weighted by molar-refractivity contribution is 0.104. The second-order valence-corrected chi connectivity index (χ2v) is 5.56. The van der Waals surface area contributed by atoms with Crippen molar-refractivity contribution in [2.75, 3.05) is 39.3 Å². The Labute approximate surface area is 136 Å². The van der Waals surface area contributed by atoms with Crippen LogP contribution in [0, 0.1) is 17.1 Å². The predicted molar refractivity (Wildman–Crippen MR) is 86.2 cm³/mol. The van der Waals surface area contributed by atoms with E-state index in [0.29, 0.717) is 39.3 Å².